The number of primary amides is 1. The van der Waals surface area contributed by atoms with E-state index >= 15 is 0 Å². The van der Waals surface area contributed by atoms with Gasteiger partial charge >= 0.3 is 6.03 Å². The quantitative estimate of drug-likeness (QED) is 0.792. The number of hydrogen-bond donors (Lipinski definition) is 3. The van der Waals surface area contributed by atoms with Crippen molar-refractivity contribution < 1.29 is 9.59 Å². The number of rotatable bonds is 5. The molecule has 0 saturated carbocycles. The molecule has 5 nitrogen and oxygen atoms in total. The van der Waals surface area contributed by atoms with E-state index in [1.807, 2.05) is 30.3 Å². The van der Waals surface area contributed by atoms with Crippen LogP contribution in [0.15, 0.2) is 54.6 Å². The lowest BCUT2D eigenvalue weighted by atomic mass is 10.0. The number of nitrogens with two attached hydrogens (primary N) is 1. The van der Waals surface area contributed by atoms with Crippen molar-refractivity contribution in [1.29, 1.82) is 0 Å². The summed E-state index contributed by atoms with van der Waals surface area (Å²) in [5.41, 5.74) is 7.21. The molecule has 0 aromatic heterocycles. The lowest BCUT2D eigenvalue weighted by molar-refractivity contribution is 0.0951. The van der Waals surface area contributed by atoms with Gasteiger partial charge in [0.2, 0.25) is 0 Å². The summed E-state index contributed by atoms with van der Waals surface area (Å²) in [4.78, 5) is 23.0. The summed E-state index contributed by atoms with van der Waals surface area (Å²) in [6.07, 6.45) is 0. The van der Waals surface area contributed by atoms with Gasteiger partial charge in [0.05, 0.1) is 0 Å². The molecule has 1 atom stereocenters. The Balaban J connectivity index is 1.96. The van der Waals surface area contributed by atoms with Crippen LogP contribution in [-0.2, 0) is 0 Å². The Labute approximate surface area is 129 Å². The molecule has 0 aliphatic carbocycles. The smallest absolute Gasteiger partial charge is 0.316 e. The van der Waals surface area contributed by atoms with Crippen molar-refractivity contribution in [1.82, 2.24) is 5.32 Å². The number of urea groups is 1. The highest BCUT2D eigenvalue weighted by molar-refractivity contribution is 5.96. The van der Waals surface area contributed by atoms with Gasteiger partial charge in [-0.25, -0.2) is 4.79 Å². The molecular formula is C17H19N3O2. The van der Waals surface area contributed by atoms with Crippen molar-refractivity contribution >= 4 is 17.6 Å². The molecule has 0 unspecified atom stereocenters. The van der Waals surface area contributed by atoms with E-state index in [2.05, 4.69) is 17.6 Å². The highest BCUT2D eigenvalue weighted by Crippen LogP contribution is 2.14. The minimum Gasteiger partial charge on any atom is -0.351 e. The van der Waals surface area contributed by atoms with Crippen LogP contribution in [0, 0.1) is 0 Å². The second kappa shape index (κ2) is 7.26. The monoisotopic (exact) mass is 297 g/mol. The van der Waals surface area contributed by atoms with Crippen molar-refractivity contribution in [2.45, 2.75) is 12.8 Å². The molecule has 0 heterocycles. The van der Waals surface area contributed by atoms with Gasteiger partial charge in [0.25, 0.3) is 5.91 Å². The van der Waals surface area contributed by atoms with Gasteiger partial charge in [-0.05, 0) is 29.7 Å². The highest BCUT2D eigenvalue weighted by atomic mass is 16.2. The SMILES string of the molecule is C[C@@H](CNC(=O)c1cccc(NC(N)=O)c1)c1ccccc1. The number of anilines is 1. The molecule has 2 aromatic carbocycles. The number of hydrogen-bond acceptors (Lipinski definition) is 2. The van der Waals surface area contributed by atoms with E-state index in [0.29, 0.717) is 17.8 Å². The van der Waals surface area contributed by atoms with Gasteiger partial charge in [0.15, 0.2) is 0 Å². The first-order valence-electron chi connectivity index (χ1n) is 7.06. The van der Waals surface area contributed by atoms with Gasteiger partial charge in [0.1, 0.15) is 0 Å². The lowest BCUT2D eigenvalue weighted by Crippen LogP contribution is -2.27. The van der Waals surface area contributed by atoms with Crippen LogP contribution in [0.4, 0.5) is 10.5 Å². The zero-order chi connectivity index (χ0) is 15.9. The van der Waals surface area contributed by atoms with Crippen LogP contribution >= 0.6 is 0 Å². The van der Waals surface area contributed by atoms with Crippen LogP contribution in [-0.4, -0.2) is 18.5 Å². The Morgan fingerprint density at radius 2 is 1.82 bits per heavy atom. The molecule has 22 heavy (non-hydrogen) atoms. The Kier molecular flexibility index (Phi) is 5.14. The third-order valence-electron chi connectivity index (χ3n) is 3.33. The molecule has 0 bridgehead atoms. The van der Waals surface area contributed by atoms with E-state index < -0.39 is 6.03 Å². The zero-order valence-electron chi connectivity index (χ0n) is 12.4. The number of amides is 3. The van der Waals surface area contributed by atoms with Gasteiger partial charge < -0.3 is 16.4 Å². The number of carbonyl (C=O) groups excluding carboxylic acids is 2. The average Bonchev–Trinajstić information content (AvgIpc) is 2.52. The Bertz CT molecular complexity index is 656. The fourth-order valence-corrected chi connectivity index (χ4v) is 2.13. The van der Waals surface area contributed by atoms with Crippen molar-refractivity contribution in [3.63, 3.8) is 0 Å². The third-order valence-corrected chi connectivity index (χ3v) is 3.33. The summed E-state index contributed by atoms with van der Waals surface area (Å²) in [5.74, 6) is 0.0352. The lowest BCUT2D eigenvalue weighted by Gasteiger charge is -2.13. The van der Waals surface area contributed by atoms with E-state index in [9.17, 15) is 9.59 Å². The third kappa shape index (κ3) is 4.34. The second-order valence-corrected chi connectivity index (χ2v) is 5.09. The Morgan fingerprint density at radius 1 is 1.09 bits per heavy atom. The average molecular weight is 297 g/mol. The maximum Gasteiger partial charge on any atom is 0.316 e. The topological polar surface area (TPSA) is 84.2 Å². The highest BCUT2D eigenvalue weighted by Gasteiger charge is 2.10. The van der Waals surface area contributed by atoms with E-state index in [1.165, 1.54) is 5.56 Å². The molecule has 0 fully saturated rings. The molecule has 2 aromatic rings. The van der Waals surface area contributed by atoms with E-state index in [-0.39, 0.29) is 11.8 Å². The van der Waals surface area contributed by atoms with Crippen molar-refractivity contribution in [3.8, 4) is 0 Å². The first-order valence-corrected chi connectivity index (χ1v) is 7.06. The summed E-state index contributed by atoms with van der Waals surface area (Å²) in [6, 6.07) is 16.0. The van der Waals surface area contributed by atoms with Gasteiger partial charge in [0, 0.05) is 17.8 Å². The summed E-state index contributed by atoms with van der Waals surface area (Å²) >= 11 is 0. The maximum absolute atomic E-state index is 12.2. The molecule has 2 rings (SSSR count). The predicted octanol–water partition coefficient (Wildman–Crippen LogP) is 2.71. The van der Waals surface area contributed by atoms with Gasteiger partial charge in [-0.2, -0.15) is 0 Å². The summed E-state index contributed by atoms with van der Waals surface area (Å²) < 4.78 is 0. The molecule has 0 saturated heterocycles. The van der Waals surface area contributed by atoms with Crippen LogP contribution in [0.1, 0.15) is 28.8 Å². The van der Waals surface area contributed by atoms with Gasteiger partial charge in [-0.1, -0.05) is 43.3 Å². The van der Waals surface area contributed by atoms with Crippen LogP contribution in [0.2, 0.25) is 0 Å². The molecule has 0 aliphatic rings. The summed E-state index contributed by atoms with van der Waals surface area (Å²) in [5, 5.41) is 5.34. The molecule has 3 amide bonds. The normalized spacial score (nSPS) is 11.5. The van der Waals surface area contributed by atoms with E-state index in [0.717, 1.165) is 0 Å². The van der Waals surface area contributed by atoms with Crippen LogP contribution < -0.4 is 16.4 Å². The molecule has 114 valence electrons. The summed E-state index contributed by atoms with van der Waals surface area (Å²) in [6.45, 7) is 2.59. The molecule has 4 N–H and O–H groups in total. The molecule has 0 aliphatic heterocycles. The van der Waals surface area contributed by atoms with E-state index in [1.54, 1.807) is 24.3 Å². The molecule has 0 spiro atoms. The van der Waals surface area contributed by atoms with Gasteiger partial charge in [-0.15, -0.1) is 0 Å². The first-order chi connectivity index (χ1) is 10.6. The Morgan fingerprint density at radius 3 is 2.50 bits per heavy atom. The maximum atomic E-state index is 12.2. The van der Waals surface area contributed by atoms with Crippen molar-refractivity contribution in [3.05, 3.63) is 65.7 Å². The standard InChI is InChI=1S/C17H19N3O2/c1-12(13-6-3-2-4-7-13)11-19-16(21)14-8-5-9-15(10-14)20-17(18)22/h2-10,12H,11H2,1H3,(H,19,21)(H3,18,20,22)/t12-/m0/s1. The minimum atomic E-state index is -0.657. The molecule has 5 heteroatoms. The first kappa shape index (κ1) is 15.6. The van der Waals surface area contributed by atoms with Crippen LogP contribution in [0.3, 0.4) is 0 Å². The molecular weight excluding hydrogens is 278 g/mol. The minimum absolute atomic E-state index is 0.184. The molecule has 0 radical (unpaired) electrons. The van der Waals surface area contributed by atoms with Crippen molar-refractivity contribution in [2.24, 2.45) is 5.73 Å². The van der Waals surface area contributed by atoms with E-state index in [4.69, 9.17) is 5.73 Å². The second-order valence-electron chi connectivity index (χ2n) is 5.09. The zero-order valence-corrected chi connectivity index (χ0v) is 12.4. The Hall–Kier alpha value is -2.82. The number of nitrogens with one attached hydrogen (secondary N) is 2. The largest absolute Gasteiger partial charge is 0.351 e. The van der Waals surface area contributed by atoms with Crippen LogP contribution in [0.25, 0.3) is 0 Å². The fraction of sp³-hybridized carbons (Fsp3) is 0.176. The predicted molar refractivity (Wildman–Crippen MR) is 86.8 cm³/mol. The van der Waals surface area contributed by atoms with Crippen LogP contribution in [0.5, 0.6) is 0 Å². The van der Waals surface area contributed by atoms with Crippen molar-refractivity contribution in [2.75, 3.05) is 11.9 Å². The summed E-state index contributed by atoms with van der Waals surface area (Å²) in [7, 11) is 0. The van der Waals surface area contributed by atoms with Gasteiger partial charge in [-0.3, -0.25) is 4.79 Å². The number of carbonyl (C=O) groups is 2. The fourth-order valence-electron chi connectivity index (χ4n) is 2.13. The number of benzene rings is 2.